The van der Waals surface area contributed by atoms with Crippen LogP contribution >= 0.6 is 0 Å². The summed E-state index contributed by atoms with van der Waals surface area (Å²) in [5.41, 5.74) is -0.352. The van der Waals surface area contributed by atoms with Crippen molar-refractivity contribution in [3.63, 3.8) is 0 Å². The van der Waals surface area contributed by atoms with E-state index in [-0.39, 0.29) is 12.2 Å². The fourth-order valence-electron chi connectivity index (χ4n) is 2.06. The largest absolute Gasteiger partial charge is 0.396 e. The maximum absolute atomic E-state index is 9.92. The Balaban J connectivity index is 1.68. The third-order valence-corrected chi connectivity index (χ3v) is 2.96. The lowest BCUT2D eigenvalue weighted by Crippen LogP contribution is -2.63. The van der Waals surface area contributed by atoms with Crippen LogP contribution in [-0.4, -0.2) is 47.0 Å². The van der Waals surface area contributed by atoms with Crippen LogP contribution in [0.25, 0.3) is 0 Å². The van der Waals surface area contributed by atoms with Crippen molar-refractivity contribution in [1.82, 2.24) is 4.90 Å². The average Bonchev–Trinajstić information content (AvgIpc) is 2.77. The van der Waals surface area contributed by atoms with Crippen LogP contribution in [-0.2, 0) is 0 Å². The highest BCUT2D eigenvalue weighted by Gasteiger charge is 2.51. The Morgan fingerprint density at radius 2 is 2.00 bits per heavy atom. The summed E-state index contributed by atoms with van der Waals surface area (Å²) >= 11 is 0. The molecule has 0 aromatic carbocycles. The minimum Gasteiger partial charge on any atom is -0.396 e. The zero-order chi connectivity index (χ0) is 8.60. The van der Waals surface area contributed by atoms with Gasteiger partial charge in [-0.3, -0.25) is 4.90 Å². The Kier molecular flexibility index (Phi) is 2.10. The molecule has 3 nitrogen and oxygen atoms in total. The Labute approximate surface area is 73.0 Å². The van der Waals surface area contributed by atoms with Gasteiger partial charge in [0, 0.05) is 26.2 Å². The minimum atomic E-state index is -0.352. The molecule has 1 aliphatic heterocycles. The van der Waals surface area contributed by atoms with Gasteiger partial charge in [-0.15, -0.1) is 0 Å². The van der Waals surface area contributed by atoms with E-state index in [1.54, 1.807) is 0 Å². The van der Waals surface area contributed by atoms with E-state index in [4.69, 9.17) is 5.11 Å². The van der Waals surface area contributed by atoms with Crippen LogP contribution in [0.3, 0.4) is 0 Å². The first-order valence-electron chi connectivity index (χ1n) is 4.80. The van der Waals surface area contributed by atoms with Crippen molar-refractivity contribution in [2.24, 2.45) is 5.92 Å². The average molecular weight is 171 g/mol. The number of hydrogen-bond donors (Lipinski definition) is 2. The maximum Gasteiger partial charge on any atom is 0.0928 e. The molecule has 12 heavy (non-hydrogen) atoms. The van der Waals surface area contributed by atoms with Crippen molar-refractivity contribution < 1.29 is 10.2 Å². The van der Waals surface area contributed by atoms with Crippen LogP contribution in [0.4, 0.5) is 0 Å². The van der Waals surface area contributed by atoms with Crippen molar-refractivity contribution in [1.29, 1.82) is 0 Å². The molecule has 0 amide bonds. The molecule has 0 unspecified atom stereocenters. The number of aliphatic hydroxyl groups is 2. The molecule has 2 aliphatic rings. The van der Waals surface area contributed by atoms with E-state index in [0.717, 1.165) is 26.1 Å². The number of likely N-dealkylation sites (tertiary alicyclic amines) is 1. The first kappa shape index (κ1) is 8.48. The summed E-state index contributed by atoms with van der Waals surface area (Å²) in [4.78, 5) is 2.22. The molecule has 0 spiro atoms. The van der Waals surface area contributed by atoms with E-state index in [0.29, 0.717) is 5.92 Å². The van der Waals surface area contributed by atoms with E-state index >= 15 is 0 Å². The molecule has 1 saturated heterocycles. The standard InChI is InChI=1S/C9H17NO2/c11-5-1-4-10-6-9(12,7-10)8-2-3-8/h8,11-12H,1-7H2. The molecule has 1 heterocycles. The first-order valence-corrected chi connectivity index (χ1v) is 4.80. The van der Waals surface area contributed by atoms with Crippen molar-refractivity contribution in [2.75, 3.05) is 26.2 Å². The molecule has 2 rings (SSSR count). The molecule has 0 aromatic rings. The van der Waals surface area contributed by atoms with Crippen molar-refractivity contribution in [2.45, 2.75) is 24.9 Å². The highest BCUT2D eigenvalue weighted by Crippen LogP contribution is 2.44. The lowest BCUT2D eigenvalue weighted by atomic mass is 9.89. The van der Waals surface area contributed by atoms with Gasteiger partial charge < -0.3 is 10.2 Å². The van der Waals surface area contributed by atoms with Gasteiger partial charge in [0.05, 0.1) is 5.60 Å². The van der Waals surface area contributed by atoms with Gasteiger partial charge >= 0.3 is 0 Å². The van der Waals surface area contributed by atoms with Gasteiger partial charge in [-0.25, -0.2) is 0 Å². The second kappa shape index (κ2) is 2.98. The number of aliphatic hydroxyl groups excluding tert-OH is 1. The Morgan fingerprint density at radius 3 is 2.50 bits per heavy atom. The number of β-amino-alcohol motifs (C(OH)–C–C–N with tert-alkyl or cyclic N) is 1. The minimum absolute atomic E-state index is 0.262. The molecule has 0 aromatic heterocycles. The number of nitrogens with zero attached hydrogens (tertiary/aromatic N) is 1. The smallest absolute Gasteiger partial charge is 0.0928 e. The first-order chi connectivity index (χ1) is 5.74. The van der Waals surface area contributed by atoms with Gasteiger partial charge in [-0.05, 0) is 25.2 Å². The zero-order valence-corrected chi connectivity index (χ0v) is 7.37. The monoisotopic (exact) mass is 171 g/mol. The lowest BCUT2D eigenvalue weighted by molar-refractivity contribution is -0.113. The quantitative estimate of drug-likeness (QED) is 0.617. The van der Waals surface area contributed by atoms with Gasteiger partial charge in [0.1, 0.15) is 0 Å². The van der Waals surface area contributed by atoms with Crippen molar-refractivity contribution in [3.8, 4) is 0 Å². The number of hydrogen-bond acceptors (Lipinski definition) is 3. The molecule has 2 fully saturated rings. The fraction of sp³-hybridized carbons (Fsp3) is 1.00. The SMILES string of the molecule is OCCCN1CC(O)(C2CC2)C1. The van der Waals surface area contributed by atoms with Crippen LogP contribution in [0, 0.1) is 5.92 Å². The predicted molar refractivity (Wildman–Crippen MR) is 45.8 cm³/mol. The normalized spacial score (nSPS) is 28.5. The molecule has 1 saturated carbocycles. The summed E-state index contributed by atoms with van der Waals surface area (Å²) in [5.74, 6) is 0.586. The highest BCUT2D eigenvalue weighted by atomic mass is 16.3. The van der Waals surface area contributed by atoms with Gasteiger partial charge in [-0.1, -0.05) is 0 Å². The second-order valence-corrected chi connectivity index (χ2v) is 4.17. The molecule has 70 valence electrons. The Morgan fingerprint density at radius 1 is 1.33 bits per heavy atom. The molecule has 1 aliphatic carbocycles. The van der Waals surface area contributed by atoms with E-state index in [2.05, 4.69) is 4.90 Å². The summed E-state index contributed by atoms with van der Waals surface area (Å²) in [6.07, 6.45) is 3.26. The summed E-state index contributed by atoms with van der Waals surface area (Å²) < 4.78 is 0. The third-order valence-electron chi connectivity index (χ3n) is 2.96. The maximum atomic E-state index is 9.92. The molecule has 3 heteroatoms. The molecular formula is C9H17NO2. The van der Waals surface area contributed by atoms with Crippen LogP contribution in [0.15, 0.2) is 0 Å². The summed E-state index contributed by atoms with van der Waals surface area (Å²) in [6, 6.07) is 0. The third kappa shape index (κ3) is 1.49. The van der Waals surface area contributed by atoms with Gasteiger partial charge in [0.25, 0.3) is 0 Å². The van der Waals surface area contributed by atoms with Crippen LogP contribution in [0.1, 0.15) is 19.3 Å². The lowest BCUT2D eigenvalue weighted by Gasteiger charge is -2.47. The predicted octanol–water partition coefficient (Wildman–Crippen LogP) is -0.175. The van der Waals surface area contributed by atoms with Crippen molar-refractivity contribution >= 4 is 0 Å². The molecular weight excluding hydrogens is 154 g/mol. The highest BCUT2D eigenvalue weighted by molar-refractivity contribution is 5.05. The second-order valence-electron chi connectivity index (χ2n) is 4.17. The van der Waals surface area contributed by atoms with E-state index < -0.39 is 0 Å². The Hall–Kier alpha value is -0.120. The summed E-state index contributed by atoms with van der Waals surface area (Å²) in [6.45, 7) is 2.86. The van der Waals surface area contributed by atoms with Gasteiger partial charge in [-0.2, -0.15) is 0 Å². The molecule has 0 radical (unpaired) electrons. The van der Waals surface area contributed by atoms with E-state index in [1.165, 1.54) is 12.8 Å². The fourth-order valence-corrected chi connectivity index (χ4v) is 2.06. The summed E-state index contributed by atoms with van der Waals surface area (Å²) in [7, 11) is 0. The van der Waals surface area contributed by atoms with Crippen LogP contribution < -0.4 is 0 Å². The molecule has 2 N–H and O–H groups in total. The summed E-state index contributed by atoms with van der Waals surface area (Å²) in [5, 5.41) is 18.5. The zero-order valence-electron chi connectivity index (χ0n) is 7.37. The van der Waals surface area contributed by atoms with Crippen molar-refractivity contribution in [3.05, 3.63) is 0 Å². The van der Waals surface area contributed by atoms with Gasteiger partial charge in [0.2, 0.25) is 0 Å². The van der Waals surface area contributed by atoms with Gasteiger partial charge in [0.15, 0.2) is 0 Å². The molecule has 0 bridgehead atoms. The topological polar surface area (TPSA) is 43.7 Å². The van der Waals surface area contributed by atoms with Crippen LogP contribution in [0.2, 0.25) is 0 Å². The Bertz CT molecular complexity index is 162. The van der Waals surface area contributed by atoms with E-state index in [1.807, 2.05) is 0 Å². The number of rotatable bonds is 4. The molecule has 0 atom stereocenters. The van der Waals surface area contributed by atoms with E-state index in [9.17, 15) is 5.11 Å². The van der Waals surface area contributed by atoms with Crippen LogP contribution in [0.5, 0.6) is 0 Å².